The lowest BCUT2D eigenvalue weighted by molar-refractivity contribution is -0.142. The van der Waals surface area contributed by atoms with Crippen LogP contribution in [0.25, 0.3) is 11.0 Å². The molecule has 0 atom stereocenters. The van der Waals surface area contributed by atoms with Crippen molar-refractivity contribution in [1.82, 2.24) is 0 Å². The third-order valence-corrected chi connectivity index (χ3v) is 4.51. The summed E-state index contributed by atoms with van der Waals surface area (Å²) in [7, 11) is -3.70. The maximum Gasteiger partial charge on any atom is 0.310 e. The molecule has 1 aromatic heterocycles. The van der Waals surface area contributed by atoms with Crippen molar-refractivity contribution in [2.45, 2.75) is 26.9 Å². The van der Waals surface area contributed by atoms with E-state index in [0.717, 1.165) is 6.26 Å². The molecule has 0 amide bonds. The van der Waals surface area contributed by atoms with Gasteiger partial charge in [-0.25, -0.2) is 0 Å². The summed E-state index contributed by atoms with van der Waals surface area (Å²) < 4.78 is 44.9. The van der Waals surface area contributed by atoms with E-state index in [1.54, 1.807) is 50.2 Å². The lowest BCUT2D eigenvalue weighted by Crippen LogP contribution is -2.09. The van der Waals surface area contributed by atoms with Crippen LogP contribution in [0.3, 0.4) is 0 Å². The van der Waals surface area contributed by atoms with Crippen molar-refractivity contribution in [3.05, 3.63) is 59.4 Å². The van der Waals surface area contributed by atoms with Gasteiger partial charge in [0.1, 0.15) is 23.7 Å². The second-order valence-corrected chi connectivity index (χ2v) is 8.10. The van der Waals surface area contributed by atoms with Crippen LogP contribution in [0.15, 0.2) is 46.9 Å². The molecule has 29 heavy (non-hydrogen) atoms. The van der Waals surface area contributed by atoms with Crippen molar-refractivity contribution in [2.24, 2.45) is 0 Å². The Hall–Kier alpha value is -3.00. The van der Waals surface area contributed by atoms with Crippen LogP contribution in [0.2, 0.25) is 0 Å². The third-order valence-electron chi connectivity index (χ3n) is 4.03. The fourth-order valence-electron chi connectivity index (χ4n) is 2.92. The number of rotatable bonds is 8. The van der Waals surface area contributed by atoms with Crippen molar-refractivity contribution in [2.75, 3.05) is 12.9 Å². The maximum absolute atomic E-state index is 11.8. The average Bonchev–Trinajstić information content (AvgIpc) is 3.00. The minimum atomic E-state index is -3.70. The molecule has 0 radical (unpaired) electrons. The molecule has 1 heterocycles. The minimum absolute atomic E-state index is 0.100. The van der Waals surface area contributed by atoms with E-state index < -0.39 is 10.1 Å². The van der Waals surface area contributed by atoms with Gasteiger partial charge in [0.05, 0.1) is 24.7 Å². The number of hydrogen-bond acceptors (Lipinski definition) is 7. The third kappa shape index (κ3) is 5.51. The SMILES string of the molecule is CCOC(=O)Cc1ccccc1OCc1cc(OS(C)(=O)=O)c2cc(C)oc2c1. The number of para-hydroxylation sites is 1. The van der Waals surface area contributed by atoms with Gasteiger partial charge >= 0.3 is 16.1 Å². The van der Waals surface area contributed by atoms with Crippen LogP contribution in [0.1, 0.15) is 23.8 Å². The molecule has 0 fully saturated rings. The number of carbonyl (C=O) groups is 1. The van der Waals surface area contributed by atoms with Crippen LogP contribution in [0.5, 0.6) is 11.5 Å². The smallest absolute Gasteiger partial charge is 0.310 e. The molecule has 0 aliphatic carbocycles. The predicted molar refractivity (Wildman–Crippen MR) is 108 cm³/mol. The standard InChI is InChI=1S/C21H22O7S/c1-4-25-21(22)12-16-7-5-6-8-18(16)26-13-15-10-19-17(9-14(2)27-19)20(11-15)28-29(3,23)24/h5-11H,4,12-13H2,1-3H3. The number of furan rings is 1. The highest BCUT2D eigenvalue weighted by molar-refractivity contribution is 7.86. The van der Waals surface area contributed by atoms with Gasteiger partial charge in [0.15, 0.2) is 5.75 Å². The quantitative estimate of drug-likeness (QED) is 0.406. The first-order valence-electron chi connectivity index (χ1n) is 9.04. The van der Waals surface area contributed by atoms with Crippen LogP contribution < -0.4 is 8.92 Å². The topological polar surface area (TPSA) is 92.0 Å². The molecule has 0 saturated carbocycles. The number of ether oxygens (including phenoxy) is 2. The van der Waals surface area contributed by atoms with Gasteiger partial charge < -0.3 is 18.1 Å². The largest absolute Gasteiger partial charge is 0.489 e. The zero-order valence-corrected chi connectivity index (χ0v) is 17.2. The van der Waals surface area contributed by atoms with Gasteiger partial charge in [-0.1, -0.05) is 18.2 Å². The molecule has 0 bridgehead atoms. The summed E-state index contributed by atoms with van der Waals surface area (Å²) in [6.45, 7) is 3.97. The second-order valence-electron chi connectivity index (χ2n) is 6.53. The fraction of sp³-hybridized carbons (Fsp3) is 0.286. The molecular weight excluding hydrogens is 396 g/mol. The first kappa shape index (κ1) is 20.7. The Morgan fingerprint density at radius 1 is 1.10 bits per heavy atom. The van der Waals surface area contributed by atoms with E-state index in [1.165, 1.54) is 0 Å². The van der Waals surface area contributed by atoms with Gasteiger partial charge in [-0.2, -0.15) is 8.42 Å². The zero-order chi connectivity index (χ0) is 21.0. The molecule has 3 aromatic rings. The molecule has 0 unspecified atom stereocenters. The summed E-state index contributed by atoms with van der Waals surface area (Å²) in [5.41, 5.74) is 1.87. The van der Waals surface area contributed by atoms with Crippen molar-refractivity contribution in [3.63, 3.8) is 0 Å². The highest BCUT2D eigenvalue weighted by Gasteiger charge is 2.15. The molecule has 0 aliphatic heterocycles. The Morgan fingerprint density at radius 2 is 1.86 bits per heavy atom. The Bertz CT molecular complexity index is 1130. The average molecular weight is 418 g/mol. The van der Waals surface area contributed by atoms with Crippen LogP contribution in [-0.4, -0.2) is 27.2 Å². The molecule has 0 aliphatic rings. The van der Waals surface area contributed by atoms with Gasteiger partial charge in [0.25, 0.3) is 0 Å². The van der Waals surface area contributed by atoms with Crippen LogP contribution in [0.4, 0.5) is 0 Å². The van der Waals surface area contributed by atoms with Crippen molar-refractivity contribution >= 4 is 27.1 Å². The van der Waals surface area contributed by atoms with E-state index in [1.807, 2.05) is 6.07 Å². The van der Waals surface area contributed by atoms with E-state index in [-0.39, 0.29) is 24.7 Å². The summed E-state index contributed by atoms with van der Waals surface area (Å²) in [6.07, 6.45) is 1.09. The van der Waals surface area contributed by atoms with Gasteiger partial charge in [-0.15, -0.1) is 0 Å². The van der Waals surface area contributed by atoms with Crippen molar-refractivity contribution < 1.29 is 31.3 Å². The summed E-state index contributed by atoms with van der Waals surface area (Å²) in [6, 6.07) is 12.3. The number of esters is 1. The zero-order valence-electron chi connectivity index (χ0n) is 16.4. The minimum Gasteiger partial charge on any atom is -0.489 e. The Kier molecular flexibility index (Phi) is 6.12. The van der Waals surface area contributed by atoms with Crippen LogP contribution in [-0.2, 0) is 32.7 Å². The Balaban J connectivity index is 1.85. The summed E-state index contributed by atoms with van der Waals surface area (Å²) in [5, 5.41) is 0.569. The van der Waals surface area contributed by atoms with Gasteiger partial charge in [0, 0.05) is 5.56 Å². The maximum atomic E-state index is 11.8. The highest BCUT2D eigenvalue weighted by atomic mass is 32.2. The summed E-state index contributed by atoms with van der Waals surface area (Å²) >= 11 is 0. The first-order chi connectivity index (χ1) is 13.7. The molecule has 0 spiro atoms. The Morgan fingerprint density at radius 3 is 2.59 bits per heavy atom. The van der Waals surface area contributed by atoms with E-state index >= 15 is 0 Å². The van der Waals surface area contributed by atoms with Crippen LogP contribution >= 0.6 is 0 Å². The molecule has 0 N–H and O–H groups in total. The number of fused-ring (bicyclic) bond motifs is 1. The second kappa shape index (κ2) is 8.57. The van der Waals surface area contributed by atoms with Gasteiger partial charge in [-0.3, -0.25) is 4.79 Å². The van der Waals surface area contributed by atoms with E-state index in [4.69, 9.17) is 18.1 Å². The summed E-state index contributed by atoms with van der Waals surface area (Å²) in [4.78, 5) is 11.8. The molecule has 2 aromatic carbocycles. The summed E-state index contributed by atoms with van der Waals surface area (Å²) in [5.74, 6) is 1.03. The van der Waals surface area contributed by atoms with E-state index in [0.29, 0.717) is 40.2 Å². The van der Waals surface area contributed by atoms with Gasteiger partial charge in [0.2, 0.25) is 0 Å². The molecule has 0 saturated heterocycles. The fourth-order valence-corrected chi connectivity index (χ4v) is 3.39. The number of aryl methyl sites for hydroxylation is 1. The predicted octanol–water partition coefficient (Wildman–Crippen LogP) is 3.76. The molecule has 154 valence electrons. The number of benzene rings is 2. The highest BCUT2D eigenvalue weighted by Crippen LogP contribution is 2.32. The number of hydrogen-bond donors (Lipinski definition) is 0. The first-order valence-corrected chi connectivity index (χ1v) is 10.9. The van der Waals surface area contributed by atoms with Crippen molar-refractivity contribution in [1.29, 1.82) is 0 Å². The normalized spacial score (nSPS) is 11.4. The molecular formula is C21H22O7S. The van der Waals surface area contributed by atoms with E-state index in [2.05, 4.69) is 0 Å². The number of carbonyl (C=O) groups excluding carboxylic acids is 1. The lowest BCUT2D eigenvalue weighted by atomic mass is 10.1. The van der Waals surface area contributed by atoms with E-state index in [9.17, 15) is 13.2 Å². The Labute approximate surface area is 169 Å². The van der Waals surface area contributed by atoms with Crippen molar-refractivity contribution in [3.8, 4) is 11.5 Å². The molecule has 3 rings (SSSR count). The molecule has 8 heteroatoms. The molecule has 7 nitrogen and oxygen atoms in total. The lowest BCUT2D eigenvalue weighted by Gasteiger charge is -2.12. The monoisotopic (exact) mass is 418 g/mol. The van der Waals surface area contributed by atoms with Gasteiger partial charge in [-0.05, 0) is 43.7 Å². The van der Waals surface area contributed by atoms with Crippen LogP contribution in [0, 0.1) is 6.92 Å².